The first-order valence-corrected chi connectivity index (χ1v) is 11.1. The molecule has 2 aliphatic rings. The van der Waals surface area contributed by atoms with E-state index in [0.29, 0.717) is 17.1 Å². The van der Waals surface area contributed by atoms with E-state index in [1.165, 1.54) is 64.2 Å². The molecule has 1 aromatic heterocycles. The van der Waals surface area contributed by atoms with Crippen LogP contribution in [0.3, 0.4) is 0 Å². The van der Waals surface area contributed by atoms with Crippen LogP contribution >= 0.6 is 11.6 Å². The highest BCUT2D eigenvalue weighted by Gasteiger charge is 2.30. The molecule has 2 aliphatic carbocycles. The molecule has 1 heterocycles. The summed E-state index contributed by atoms with van der Waals surface area (Å²) in [6.07, 6.45) is 14.5. The molecule has 0 aliphatic heterocycles. The third-order valence-electron chi connectivity index (χ3n) is 6.59. The Morgan fingerprint density at radius 2 is 1.59 bits per heavy atom. The van der Waals surface area contributed by atoms with Crippen LogP contribution < -0.4 is 0 Å². The second kappa shape index (κ2) is 8.89. The maximum absolute atomic E-state index is 11.2. The fraction of sp³-hybridized carbons (Fsp3) is 0.609. The van der Waals surface area contributed by atoms with Gasteiger partial charge in [-0.2, -0.15) is 0 Å². The predicted molar refractivity (Wildman–Crippen MR) is 112 cm³/mol. The normalized spacial score (nSPS) is 21.0. The average molecular weight is 387 g/mol. The molecule has 1 aromatic carbocycles. The molecule has 0 bridgehead atoms. The number of halogens is 1. The Morgan fingerprint density at radius 1 is 0.963 bits per heavy atom. The number of rotatable bonds is 5. The molecule has 1 unspecified atom stereocenters. The summed E-state index contributed by atoms with van der Waals surface area (Å²) in [6.45, 7) is 0.723. The van der Waals surface area contributed by atoms with Crippen LogP contribution in [0.15, 0.2) is 30.5 Å². The van der Waals surface area contributed by atoms with Gasteiger partial charge in [0.15, 0.2) is 0 Å². The molecule has 4 rings (SSSR count). The van der Waals surface area contributed by atoms with Gasteiger partial charge in [0.2, 0.25) is 0 Å². The van der Waals surface area contributed by atoms with Crippen LogP contribution in [0, 0.1) is 0 Å². The van der Waals surface area contributed by atoms with E-state index in [9.17, 15) is 5.11 Å². The lowest BCUT2D eigenvalue weighted by atomic mass is 9.88. The van der Waals surface area contributed by atoms with Gasteiger partial charge in [0.1, 0.15) is 0 Å². The van der Waals surface area contributed by atoms with Crippen molar-refractivity contribution in [2.75, 3.05) is 6.54 Å². The third-order valence-corrected chi connectivity index (χ3v) is 6.89. The molecule has 0 spiro atoms. The molecule has 4 heteroatoms. The summed E-state index contributed by atoms with van der Waals surface area (Å²) in [5, 5.41) is 12.9. The number of hydrogen-bond acceptors (Lipinski definition) is 3. The van der Waals surface area contributed by atoms with Crippen LogP contribution in [0.4, 0.5) is 0 Å². The fourth-order valence-electron chi connectivity index (χ4n) is 5.17. The van der Waals surface area contributed by atoms with Gasteiger partial charge in [0.05, 0.1) is 16.6 Å². The van der Waals surface area contributed by atoms with Gasteiger partial charge < -0.3 is 5.11 Å². The van der Waals surface area contributed by atoms with Gasteiger partial charge in [0.25, 0.3) is 0 Å². The summed E-state index contributed by atoms with van der Waals surface area (Å²) in [6, 6.07) is 9.06. The van der Waals surface area contributed by atoms with Gasteiger partial charge in [-0.1, -0.05) is 62.3 Å². The first-order chi connectivity index (χ1) is 13.2. The first kappa shape index (κ1) is 19.2. The lowest BCUT2D eigenvalue weighted by molar-refractivity contribution is 0.0292. The number of hydrogen-bond donors (Lipinski definition) is 1. The van der Waals surface area contributed by atoms with Crippen molar-refractivity contribution in [3.05, 3.63) is 41.0 Å². The molecule has 0 saturated heterocycles. The van der Waals surface area contributed by atoms with Crippen LogP contribution in [0.1, 0.15) is 75.9 Å². The standard InChI is InChI=1S/C23H31ClN2O/c24-21-13-7-12-20-19(14-15-25-23(20)21)22(27)16-26(17-8-3-1-4-9-17)18-10-5-2-6-11-18/h7,12-15,17-18,22,27H,1-6,8-11,16H2. The quantitative estimate of drug-likeness (QED) is 0.696. The predicted octanol–water partition coefficient (Wildman–Crippen LogP) is 5.89. The number of benzene rings is 1. The number of fused-ring (bicyclic) bond motifs is 1. The highest BCUT2D eigenvalue weighted by atomic mass is 35.5. The van der Waals surface area contributed by atoms with Gasteiger partial charge in [-0.3, -0.25) is 9.88 Å². The lowest BCUT2D eigenvalue weighted by Crippen LogP contribution is -2.47. The fourth-order valence-corrected chi connectivity index (χ4v) is 5.39. The molecule has 27 heavy (non-hydrogen) atoms. The molecule has 0 amide bonds. The average Bonchev–Trinajstić information content (AvgIpc) is 2.73. The van der Waals surface area contributed by atoms with Gasteiger partial charge in [0, 0.05) is 30.2 Å². The Balaban J connectivity index is 1.59. The Bertz CT molecular complexity index is 735. The van der Waals surface area contributed by atoms with E-state index < -0.39 is 6.10 Å². The molecule has 1 N–H and O–H groups in total. The van der Waals surface area contributed by atoms with Crippen LogP contribution in [-0.2, 0) is 0 Å². The van der Waals surface area contributed by atoms with E-state index >= 15 is 0 Å². The Hall–Kier alpha value is -1.16. The first-order valence-electron chi connectivity index (χ1n) is 10.7. The van der Waals surface area contributed by atoms with Gasteiger partial charge in [-0.05, 0) is 43.4 Å². The van der Waals surface area contributed by atoms with Crippen molar-refractivity contribution in [1.82, 2.24) is 9.88 Å². The second-order valence-corrected chi connectivity index (χ2v) is 8.74. The van der Waals surface area contributed by atoms with Crippen molar-refractivity contribution in [2.45, 2.75) is 82.4 Å². The van der Waals surface area contributed by atoms with E-state index in [2.05, 4.69) is 9.88 Å². The molecule has 2 aromatic rings. The molecular weight excluding hydrogens is 356 g/mol. The molecular formula is C23H31ClN2O. The van der Waals surface area contributed by atoms with E-state index in [0.717, 1.165) is 23.0 Å². The van der Waals surface area contributed by atoms with Crippen LogP contribution in [-0.4, -0.2) is 33.6 Å². The minimum absolute atomic E-state index is 0.502. The number of aliphatic hydroxyl groups is 1. The van der Waals surface area contributed by atoms with E-state index in [1.807, 2.05) is 24.3 Å². The number of para-hydroxylation sites is 1. The molecule has 146 valence electrons. The number of nitrogens with zero attached hydrogens (tertiary/aromatic N) is 2. The summed E-state index contributed by atoms with van der Waals surface area (Å²) in [5.74, 6) is 0. The SMILES string of the molecule is OC(CN(C1CCCCC1)C1CCCCC1)c1ccnc2c(Cl)cccc12. The van der Waals surface area contributed by atoms with Crippen LogP contribution in [0.5, 0.6) is 0 Å². The summed E-state index contributed by atoms with van der Waals surface area (Å²) in [5.41, 5.74) is 1.75. The minimum Gasteiger partial charge on any atom is -0.387 e. The monoisotopic (exact) mass is 386 g/mol. The van der Waals surface area contributed by atoms with Crippen molar-refractivity contribution in [2.24, 2.45) is 0 Å². The summed E-state index contributed by atoms with van der Waals surface area (Å²) in [7, 11) is 0. The van der Waals surface area contributed by atoms with E-state index in [4.69, 9.17) is 11.6 Å². The van der Waals surface area contributed by atoms with E-state index in [-0.39, 0.29) is 0 Å². The summed E-state index contributed by atoms with van der Waals surface area (Å²) < 4.78 is 0. The zero-order valence-electron chi connectivity index (χ0n) is 16.1. The molecule has 2 saturated carbocycles. The number of pyridine rings is 1. The minimum atomic E-state index is -0.502. The van der Waals surface area contributed by atoms with Gasteiger partial charge in [-0.15, -0.1) is 0 Å². The molecule has 0 radical (unpaired) electrons. The Kier molecular flexibility index (Phi) is 6.31. The van der Waals surface area contributed by atoms with E-state index in [1.54, 1.807) is 6.20 Å². The Morgan fingerprint density at radius 3 is 2.22 bits per heavy atom. The Labute approximate surface area is 167 Å². The highest BCUT2D eigenvalue weighted by molar-refractivity contribution is 6.35. The van der Waals surface area contributed by atoms with Gasteiger partial charge >= 0.3 is 0 Å². The summed E-state index contributed by atoms with van der Waals surface area (Å²) >= 11 is 6.33. The maximum Gasteiger partial charge on any atom is 0.0924 e. The molecule has 3 nitrogen and oxygen atoms in total. The molecule has 2 fully saturated rings. The number of aromatic nitrogens is 1. The topological polar surface area (TPSA) is 36.4 Å². The van der Waals surface area contributed by atoms with Crippen LogP contribution in [0.2, 0.25) is 5.02 Å². The third kappa shape index (κ3) is 4.31. The van der Waals surface area contributed by atoms with Crippen molar-refractivity contribution in [3.63, 3.8) is 0 Å². The zero-order chi connectivity index (χ0) is 18.6. The maximum atomic E-state index is 11.2. The van der Waals surface area contributed by atoms with Crippen molar-refractivity contribution < 1.29 is 5.11 Å². The smallest absolute Gasteiger partial charge is 0.0924 e. The molecule has 1 atom stereocenters. The van der Waals surface area contributed by atoms with Crippen LogP contribution in [0.25, 0.3) is 10.9 Å². The second-order valence-electron chi connectivity index (χ2n) is 8.33. The lowest BCUT2D eigenvalue weighted by Gasteiger charge is -2.42. The van der Waals surface area contributed by atoms with Gasteiger partial charge in [-0.25, -0.2) is 0 Å². The highest BCUT2D eigenvalue weighted by Crippen LogP contribution is 2.33. The van der Waals surface area contributed by atoms with Crippen molar-refractivity contribution in [3.8, 4) is 0 Å². The van der Waals surface area contributed by atoms with Crippen molar-refractivity contribution in [1.29, 1.82) is 0 Å². The van der Waals surface area contributed by atoms with Crippen molar-refractivity contribution >= 4 is 22.5 Å². The summed E-state index contributed by atoms with van der Waals surface area (Å²) in [4.78, 5) is 7.09. The largest absolute Gasteiger partial charge is 0.387 e. The zero-order valence-corrected chi connectivity index (χ0v) is 16.9. The number of aliphatic hydroxyl groups excluding tert-OH is 1.